The number of fused-ring (bicyclic) bond motifs is 4. The van der Waals surface area contributed by atoms with Gasteiger partial charge < -0.3 is 14.6 Å². The first kappa shape index (κ1) is 16.6. The number of rotatable bonds is 3. The van der Waals surface area contributed by atoms with Crippen molar-refractivity contribution in [1.29, 1.82) is 0 Å². The maximum Gasteiger partial charge on any atom is 0.253 e. The van der Waals surface area contributed by atoms with Crippen molar-refractivity contribution in [3.05, 3.63) is 66.0 Å². The highest BCUT2D eigenvalue weighted by molar-refractivity contribution is 5.96. The summed E-state index contributed by atoms with van der Waals surface area (Å²) < 4.78 is 2.06. The molecule has 0 radical (unpaired) electrons. The highest BCUT2D eigenvalue weighted by atomic mass is 16.1. The van der Waals surface area contributed by atoms with E-state index in [1.54, 1.807) is 0 Å². The van der Waals surface area contributed by atoms with Crippen LogP contribution in [0.25, 0.3) is 16.6 Å². The second-order valence-corrected chi connectivity index (χ2v) is 8.07. The number of carbonyl (C=O) groups excluding carboxylic acids is 1. The van der Waals surface area contributed by atoms with Gasteiger partial charge in [0.1, 0.15) is 0 Å². The fourth-order valence-electron chi connectivity index (χ4n) is 4.61. The van der Waals surface area contributed by atoms with Gasteiger partial charge in [0.2, 0.25) is 0 Å². The molecule has 138 valence electrons. The number of aryl methyl sites for hydroxylation is 1. The largest absolute Gasteiger partial charge is 0.348 e. The van der Waals surface area contributed by atoms with Gasteiger partial charge >= 0.3 is 0 Å². The molecule has 3 saturated heterocycles. The number of piperidine rings is 3. The smallest absolute Gasteiger partial charge is 0.253 e. The average molecular weight is 359 g/mol. The molecule has 0 spiro atoms. The first-order valence-corrected chi connectivity index (χ1v) is 9.88. The van der Waals surface area contributed by atoms with Gasteiger partial charge in [0.15, 0.2) is 0 Å². The molecule has 3 aromatic rings. The Kier molecular flexibility index (Phi) is 4.01. The number of nitrogens with zero attached hydrogens (tertiary/aromatic N) is 2. The molecule has 1 amide bonds. The fourth-order valence-corrected chi connectivity index (χ4v) is 4.61. The summed E-state index contributed by atoms with van der Waals surface area (Å²) in [5.41, 5.74) is 5.39. The molecular formula is C23H25N3O. The van der Waals surface area contributed by atoms with Crippen molar-refractivity contribution in [3.8, 4) is 11.1 Å². The van der Waals surface area contributed by atoms with Crippen molar-refractivity contribution in [2.45, 2.75) is 25.8 Å². The van der Waals surface area contributed by atoms with Crippen molar-refractivity contribution in [2.24, 2.45) is 5.92 Å². The molecule has 4 heteroatoms. The molecular weight excluding hydrogens is 334 g/mol. The molecule has 1 N–H and O–H groups in total. The van der Waals surface area contributed by atoms with Crippen LogP contribution in [0.15, 0.2) is 54.9 Å². The molecule has 27 heavy (non-hydrogen) atoms. The number of pyridine rings is 1. The Balaban J connectivity index is 1.38. The van der Waals surface area contributed by atoms with E-state index in [1.165, 1.54) is 37.1 Å². The van der Waals surface area contributed by atoms with Gasteiger partial charge in [-0.2, -0.15) is 0 Å². The molecule has 3 fully saturated rings. The normalized spacial score (nSPS) is 24.3. The van der Waals surface area contributed by atoms with Crippen LogP contribution >= 0.6 is 0 Å². The van der Waals surface area contributed by atoms with Crippen LogP contribution < -0.4 is 5.32 Å². The van der Waals surface area contributed by atoms with Crippen LogP contribution in [0.3, 0.4) is 0 Å². The Bertz CT molecular complexity index is 998. The highest BCUT2D eigenvalue weighted by Crippen LogP contribution is 2.28. The summed E-state index contributed by atoms with van der Waals surface area (Å²) in [7, 11) is 0. The summed E-state index contributed by atoms with van der Waals surface area (Å²) in [6, 6.07) is 15.0. The van der Waals surface area contributed by atoms with E-state index in [0.29, 0.717) is 12.0 Å². The Hall–Kier alpha value is -2.59. The zero-order valence-electron chi connectivity index (χ0n) is 15.7. The molecule has 5 heterocycles. The van der Waals surface area contributed by atoms with E-state index in [0.717, 1.165) is 23.2 Å². The number of hydrogen-bond acceptors (Lipinski definition) is 2. The molecule has 3 aliphatic heterocycles. The first-order valence-electron chi connectivity index (χ1n) is 9.88. The minimum atomic E-state index is 0.0505. The second-order valence-electron chi connectivity index (χ2n) is 8.07. The standard InChI is InChI=1S/C23H25N3O/c1-16-3-2-4-18(11-16)19-5-6-21-12-20(14-26(21)13-19)23(27)24-22-15-25-9-7-17(22)8-10-25/h2-6,11-14,17,22H,7-10,15H2,1H3,(H,24,27)/t22-/m0/s1. The lowest BCUT2D eigenvalue weighted by Crippen LogP contribution is -2.57. The summed E-state index contributed by atoms with van der Waals surface area (Å²) in [6.45, 7) is 5.49. The summed E-state index contributed by atoms with van der Waals surface area (Å²) in [5, 5.41) is 3.29. The van der Waals surface area contributed by atoms with Crippen molar-refractivity contribution in [3.63, 3.8) is 0 Å². The molecule has 2 bridgehead atoms. The van der Waals surface area contributed by atoms with E-state index in [1.807, 2.05) is 12.3 Å². The predicted octanol–water partition coefficient (Wildman–Crippen LogP) is 3.74. The van der Waals surface area contributed by atoms with Crippen LogP contribution in [0.4, 0.5) is 0 Å². The number of amides is 1. The molecule has 0 aliphatic carbocycles. The van der Waals surface area contributed by atoms with E-state index >= 15 is 0 Å². The van der Waals surface area contributed by atoms with Crippen LogP contribution in [0.5, 0.6) is 0 Å². The summed E-state index contributed by atoms with van der Waals surface area (Å²) in [4.78, 5) is 15.3. The number of hydrogen-bond donors (Lipinski definition) is 1. The first-order chi connectivity index (χ1) is 13.2. The van der Waals surface area contributed by atoms with Gasteiger partial charge in [0.25, 0.3) is 5.91 Å². The van der Waals surface area contributed by atoms with E-state index < -0.39 is 0 Å². The van der Waals surface area contributed by atoms with Crippen LogP contribution in [0.1, 0.15) is 28.8 Å². The monoisotopic (exact) mass is 359 g/mol. The molecule has 2 aromatic heterocycles. The second kappa shape index (κ2) is 6.54. The van der Waals surface area contributed by atoms with Crippen molar-refractivity contribution >= 4 is 11.4 Å². The van der Waals surface area contributed by atoms with Crippen molar-refractivity contribution in [2.75, 3.05) is 19.6 Å². The Labute approximate surface area is 159 Å². The lowest BCUT2D eigenvalue weighted by Gasteiger charge is -2.44. The lowest BCUT2D eigenvalue weighted by atomic mass is 9.84. The fraction of sp³-hybridized carbons (Fsp3) is 0.348. The number of carbonyl (C=O) groups is 1. The Morgan fingerprint density at radius 3 is 2.63 bits per heavy atom. The molecule has 0 unspecified atom stereocenters. The van der Waals surface area contributed by atoms with E-state index in [4.69, 9.17) is 0 Å². The average Bonchev–Trinajstić information content (AvgIpc) is 3.12. The van der Waals surface area contributed by atoms with Crippen LogP contribution in [0.2, 0.25) is 0 Å². The Morgan fingerprint density at radius 1 is 1.04 bits per heavy atom. The molecule has 6 rings (SSSR count). The number of nitrogens with one attached hydrogen (secondary N) is 1. The maximum atomic E-state index is 12.8. The number of aromatic nitrogens is 1. The highest BCUT2D eigenvalue weighted by Gasteiger charge is 2.35. The van der Waals surface area contributed by atoms with Gasteiger partial charge in [-0.1, -0.05) is 35.9 Å². The van der Waals surface area contributed by atoms with E-state index in [2.05, 4.69) is 64.1 Å². The summed E-state index contributed by atoms with van der Waals surface area (Å²) in [6.07, 6.45) is 6.48. The third-order valence-electron chi connectivity index (χ3n) is 6.18. The van der Waals surface area contributed by atoms with Crippen LogP contribution in [0, 0.1) is 12.8 Å². The molecule has 0 saturated carbocycles. The van der Waals surface area contributed by atoms with Gasteiger partial charge in [-0.25, -0.2) is 0 Å². The van der Waals surface area contributed by atoms with Gasteiger partial charge in [-0.3, -0.25) is 4.79 Å². The molecule has 1 atom stereocenters. The Morgan fingerprint density at radius 2 is 1.89 bits per heavy atom. The SMILES string of the molecule is Cc1cccc(-c2ccc3cc(C(=O)N[C@H]4CN5CCC4CC5)cn3c2)c1. The third-order valence-corrected chi connectivity index (χ3v) is 6.18. The zero-order chi connectivity index (χ0) is 18.4. The van der Waals surface area contributed by atoms with Gasteiger partial charge in [0.05, 0.1) is 5.56 Å². The molecule has 4 nitrogen and oxygen atoms in total. The quantitative estimate of drug-likeness (QED) is 0.773. The maximum absolute atomic E-state index is 12.8. The van der Waals surface area contributed by atoms with Crippen LogP contribution in [-0.4, -0.2) is 40.9 Å². The van der Waals surface area contributed by atoms with E-state index in [-0.39, 0.29) is 5.91 Å². The van der Waals surface area contributed by atoms with Gasteiger partial charge in [-0.15, -0.1) is 0 Å². The van der Waals surface area contributed by atoms with E-state index in [9.17, 15) is 4.79 Å². The minimum Gasteiger partial charge on any atom is -0.348 e. The molecule has 3 aliphatic rings. The topological polar surface area (TPSA) is 36.8 Å². The van der Waals surface area contributed by atoms with Crippen molar-refractivity contribution < 1.29 is 4.79 Å². The van der Waals surface area contributed by atoms with Gasteiger partial charge in [-0.05, 0) is 62.0 Å². The van der Waals surface area contributed by atoms with Crippen LogP contribution in [-0.2, 0) is 0 Å². The minimum absolute atomic E-state index is 0.0505. The summed E-state index contributed by atoms with van der Waals surface area (Å²) in [5.74, 6) is 0.693. The lowest BCUT2D eigenvalue weighted by molar-refractivity contribution is 0.0620. The third kappa shape index (κ3) is 3.15. The van der Waals surface area contributed by atoms with Crippen molar-refractivity contribution in [1.82, 2.24) is 14.6 Å². The zero-order valence-corrected chi connectivity index (χ0v) is 15.7. The van der Waals surface area contributed by atoms with Gasteiger partial charge in [0, 0.05) is 30.5 Å². The summed E-state index contributed by atoms with van der Waals surface area (Å²) >= 11 is 0. The number of benzene rings is 1. The molecule has 1 aromatic carbocycles. The predicted molar refractivity (Wildman–Crippen MR) is 108 cm³/mol.